The van der Waals surface area contributed by atoms with Gasteiger partial charge in [0.15, 0.2) is 23.1 Å². The molecule has 1 saturated heterocycles. The number of hydrogen-bond donors (Lipinski definition) is 5. The normalized spacial score (nSPS) is 17.8. The molecule has 0 radical (unpaired) electrons. The quantitative estimate of drug-likeness (QED) is 0.0448. The van der Waals surface area contributed by atoms with Gasteiger partial charge in [-0.2, -0.15) is 0 Å². The summed E-state index contributed by atoms with van der Waals surface area (Å²) in [6, 6.07) is 21.7. The third-order valence-electron chi connectivity index (χ3n) is 10.6. The first-order chi connectivity index (χ1) is 27.7. The maximum Gasteiger partial charge on any atom is 0.224 e. The van der Waals surface area contributed by atoms with Gasteiger partial charge in [-0.1, -0.05) is 92.2 Å². The van der Waals surface area contributed by atoms with Gasteiger partial charge in [-0.25, -0.2) is 0 Å². The van der Waals surface area contributed by atoms with Crippen molar-refractivity contribution in [1.82, 2.24) is 10.6 Å². The highest BCUT2D eigenvalue weighted by Gasteiger charge is 2.46. The van der Waals surface area contributed by atoms with E-state index >= 15 is 0 Å². The molecule has 0 bridgehead atoms. The number of unbranched alkanes of at least 4 members (excludes halogenated alkanes) is 1. The van der Waals surface area contributed by atoms with Crippen LogP contribution in [-0.4, -0.2) is 83.5 Å². The Labute approximate surface area is 345 Å². The standard InChI is InChI=1S/C45H57ClN4O8/c1-27(42(55)43-40(58-43)25-30-9-5-4-6-10-30)23-38(53)36(11-7-8-21-47)49-44(56)28(2)24-39(54)41(29(3)51)50-45(57)34(20-22-48)26-37(52)33-14-12-31(13-15-33)32-16-18-35(46)19-17-32/h4-6,9-10,12-19,27-29,34,36,40-41,43,51H,7-8,11,20-26,47-48H2,1-3H3,(H,49,56)(H,50,57)/t27-,28-,29-,34-,36+,40?,41+,43?/m1/s1. The van der Waals surface area contributed by atoms with Crippen molar-refractivity contribution in [3.8, 4) is 11.1 Å². The Morgan fingerprint density at radius 2 is 1.34 bits per heavy atom. The molecule has 7 N–H and O–H groups in total. The summed E-state index contributed by atoms with van der Waals surface area (Å²) in [4.78, 5) is 80.3. The van der Waals surface area contributed by atoms with Crippen LogP contribution in [0.5, 0.6) is 0 Å². The minimum atomic E-state index is -1.36. The first-order valence-electron chi connectivity index (χ1n) is 20.1. The van der Waals surface area contributed by atoms with E-state index in [1.807, 2.05) is 42.5 Å². The number of nitrogens with one attached hydrogen (secondary N) is 2. The third-order valence-corrected chi connectivity index (χ3v) is 10.8. The van der Waals surface area contributed by atoms with Gasteiger partial charge in [0, 0.05) is 54.0 Å². The van der Waals surface area contributed by atoms with Gasteiger partial charge in [-0.05, 0) is 74.5 Å². The second-order valence-corrected chi connectivity index (χ2v) is 15.8. The van der Waals surface area contributed by atoms with Crippen LogP contribution in [0.4, 0.5) is 0 Å². The predicted molar refractivity (Wildman–Crippen MR) is 223 cm³/mol. The summed E-state index contributed by atoms with van der Waals surface area (Å²) in [6.07, 6.45) is -0.479. The molecule has 0 aromatic heterocycles. The molecule has 8 atom stereocenters. The number of epoxide rings is 1. The number of rotatable bonds is 25. The molecule has 12 nitrogen and oxygen atoms in total. The Balaban J connectivity index is 1.32. The van der Waals surface area contributed by atoms with Crippen molar-refractivity contribution < 1.29 is 38.6 Å². The van der Waals surface area contributed by atoms with Crippen molar-refractivity contribution in [2.45, 2.75) is 103 Å². The van der Waals surface area contributed by atoms with Crippen molar-refractivity contribution in [2.24, 2.45) is 29.2 Å². The largest absolute Gasteiger partial charge is 0.391 e. The van der Waals surface area contributed by atoms with Crippen LogP contribution >= 0.6 is 11.6 Å². The number of hydrogen-bond acceptors (Lipinski definition) is 10. The van der Waals surface area contributed by atoms with Crippen molar-refractivity contribution in [3.63, 3.8) is 0 Å². The Morgan fingerprint density at radius 3 is 1.95 bits per heavy atom. The van der Waals surface area contributed by atoms with E-state index in [0.717, 1.165) is 16.7 Å². The molecule has 0 spiro atoms. The topological polar surface area (TPSA) is 211 Å². The van der Waals surface area contributed by atoms with Crippen LogP contribution in [0.2, 0.25) is 5.02 Å². The second-order valence-electron chi connectivity index (χ2n) is 15.4. The maximum absolute atomic E-state index is 13.5. The van der Waals surface area contributed by atoms with Crippen LogP contribution in [0.25, 0.3) is 11.1 Å². The predicted octanol–water partition coefficient (Wildman–Crippen LogP) is 4.79. The minimum absolute atomic E-state index is 0.0883. The molecule has 1 heterocycles. The highest BCUT2D eigenvalue weighted by atomic mass is 35.5. The van der Waals surface area contributed by atoms with E-state index in [4.69, 9.17) is 27.8 Å². The molecule has 2 unspecified atom stereocenters. The smallest absolute Gasteiger partial charge is 0.224 e. The lowest BCUT2D eigenvalue weighted by Crippen LogP contribution is -2.51. The Hall–Kier alpha value is -4.59. The minimum Gasteiger partial charge on any atom is -0.391 e. The summed E-state index contributed by atoms with van der Waals surface area (Å²) in [6.45, 7) is 5.06. The molecule has 2 amide bonds. The van der Waals surface area contributed by atoms with Crippen LogP contribution in [0.15, 0.2) is 78.9 Å². The number of carbonyl (C=O) groups is 6. The highest BCUT2D eigenvalue weighted by Crippen LogP contribution is 2.30. The number of amides is 2. The zero-order chi connectivity index (χ0) is 42.4. The number of nitrogens with two attached hydrogens (primary N) is 2. The van der Waals surface area contributed by atoms with E-state index < -0.39 is 59.6 Å². The average molecular weight is 817 g/mol. The molecule has 13 heteroatoms. The molecule has 58 heavy (non-hydrogen) atoms. The molecule has 4 rings (SSSR count). The molecule has 3 aromatic rings. The average Bonchev–Trinajstić information content (AvgIpc) is 3.98. The Kier molecular flexibility index (Phi) is 17.9. The first kappa shape index (κ1) is 46.1. The van der Waals surface area contributed by atoms with E-state index in [-0.39, 0.29) is 55.7 Å². The Bertz CT molecular complexity index is 1850. The third kappa shape index (κ3) is 13.8. The number of aliphatic hydroxyl groups is 1. The molecule has 312 valence electrons. The maximum atomic E-state index is 13.5. The van der Waals surface area contributed by atoms with Crippen molar-refractivity contribution in [1.29, 1.82) is 0 Å². The van der Waals surface area contributed by atoms with E-state index in [9.17, 15) is 33.9 Å². The molecule has 3 aromatic carbocycles. The zero-order valence-corrected chi connectivity index (χ0v) is 34.3. The van der Waals surface area contributed by atoms with Gasteiger partial charge in [-0.15, -0.1) is 0 Å². The fourth-order valence-corrected chi connectivity index (χ4v) is 7.09. The SMILES string of the molecule is C[C@H](CC(=O)[C@@H](NC(=O)[C@H](CCN)CC(=O)c1ccc(-c2ccc(Cl)cc2)cc1)[C@@H](C)O)C(=O)N[C@@H](CCCCN)C(=O)C[C@@H](C)C(=O)C1OC1Cc1ccccc1. The van der Waals surface area contributed by atoms with Crippen LogP contribution in [0.1, 0.15) is 81.6 Å². The monoisotopic (exact) mass is 816 g/mol. The number of benzene rings is 3. The van der Waals surface area contributed by atoms with Crippen molar-refractivity contribution in [2.75, 3.05) is 13.1 Å². The highest BCUT2D eigenvalue weighted by molar-refractivity contribution is 6.30. The van der Waals surface area contributed by atoms with E-state index in [0.29, 0.717) is 42.8 Å². The van der Waals surface area contributed by atoms with Crippen LogP contribution < -0.4 is 22.1 Å². The van der Waals surface area contributed by atoms with Crippen LogP contribution in [0.3, 0.4) is 0 Å². The summed E-state index contributed by atoms with van der Waals surface area (Å²) < 4.78 is 5.65. The molecule has 1 aliphatic heterocycles. The fraction of sp³-hybridized carbons (Fsp3) is 0.467. The summed E-state index contributed by atoms with van der Waals surface area (Å²) in [5, 5.41) is 16.5. The fourth-order valence-electron chi connectivity index (χ4n) is 6.96. The van der Waals surface area contributed by atoms with Crippen LogP contribution in [-0.2, 0) is 35.1 Å². The molecule has 0 aliphatic carbocycles. The number of Topliss-reactive ketones (excluding diaryl/α,β-unsaturated/α-hetero) is 4. The summed E-state index contributed by atoms with van der Waals surface area (Å²) in [7, 11) is 0. The van der Waals surface area contributed by atoms with Crippen molar-refractivity contribution in [3.05, 3.63) is 95.0 Å². The number of halogens is 1. The van der Waals surface area contributed by atoms with Gasteiger partial charge < -0.3 is 31.9 Å². The lowest BCUT2D eigenvalue weighted by atomic mass is 9.90. The molecule has 0 saturated carbocycles. The number of aliphatic hydroxyl groups excluding tert-OH is 1. The number of ether oxygens (including phenoxy) is 1. The van der Waals surface area contributed by atoms with E-state index in [1.54, 1.807) is 43.3 Å². The second kappa shape index (κ2) is 22.5. The van der Waals surface area contributed by atoms with Gasteiger partial charge in [-0.3, -0.25) is 28.8 Å². The van der Waals surface area contributed by atoms with Gasteiger partial charge in [0.05, 0.1) is 18.2 Å². The lowest BCUT2D eigenvalue weighted by Gasteiger charge is -2.25. The van der Waals surface area contributed by atoms with Gasteiger partial charge in [0.25, 0.3) is 0 Å². The summed E-state index contributed by atoms with van der Waals surface area (Å²) in [5.74, 6) is -4.96. The first-order valence-corrected chi connectivity index (χ1v) is 20.5. The summed E-state index contributed by atoms with van der Waals surface area (Å²) in [5.41, 5.74) is 14.8. The van der Waals surface area contributed by atoms with Gasteiger partial charge in [0.2, 0.25) is 11.8 Å². The molecule has 1 aliphatic rings. The van der Waals surface area contributed by atoms with Gasteiger partial charge in [0.1, 0.15) is 12.1 Å². The molecular weight excluding hydrogens is 760 g/mol. The Morgan fingerprint density at radius 1 is 0.724 bits per heavy atom. The van der Waals surface area contributed by atoms with E-state index in [2.05, 4.69) is 10.6 Å². The van der Waals surface area contributed by atoms with Gasteiger partial charge >= 0.3 is 0 Å². The molecular formula is C45H57ClN4O8. The number of carbonyl (C=O) groups excluding carboxylic acids is 6. The summed E-state index contributed by atoms with van der Waals surface area (Å²) >= 11 is 6.00. The van der Waals surface area contributed by atoms with Crippen molar-refractivity contribution >= 4 is 46.5 Å². The molecule has 1 fully saturated rings. The zero-order valence-electron chi connectivity index (χ0n) is 33.5. The van der Waals surface area contributed by atoms with Crippen LogP contribution in [0, 0.1) is 17.8 Å². The van der Waals surface area contributed by atoms with E-state index in [1.165, 1.54) is 13.8 Å². The lowest BCUT2D eigenvalue weighted by molar-refractivity contribution is -0.135. The number of ketones is 4.